The average molecular weight is 405 g/mol. The van der Waals surface area contributed by atoms with E-state index in [0.717, 1.165) is 33.4 Å². The topological polar surface area (TPSA) is 115 Å². The van der Waals surface area contributed by atoms with Crippen LogP contribution in [0.1, 0.15) is 23.9 Å². The van der Waals surface area contributed by atoms with Gasteiger partial charge in [-0.05, 0) is 24.1 Å². The fourth-order valence-corrected chi connectivity index (χ4v) is 3.50. The van der Waals surface area contributed by atoms with Crippen LogP contribution in [-0.2, 0) is 24.4 Å². The zero-order valence-corrected chi connectivity index (χ0v) is 16.6. The molecule has 0 saturated heterocycles. The predicted octanol–water partition coefficient (Wildman–Crippen LogP) is 3.52. The molecule has 0 bridgehead atoms. The van der Waals surface area contributed by atoms with Crippen molar-refractivity contribution < 1.29 is 14.6 Å². The molecule has 0 aliphatic carbocycles. The van der Waals surface area contributed by atoms with Crippen LogP contribution in [0.15, 0.2) is 48.5 Å². The molecule has 0 saturated carbocycles. The summed E-state index contributed by atoms with van der Waals surface area (Å²) in [5.74, 6) is 1.18. The first-order chi connectivity index (χ1) is 14.6. The predicted molar refractivity (Wildman–Crippen MR) is 115 cm³/mol. The minimum atomic E-state index is -1.04. The molecule has 0 aliphatic rings. The minimum absolute atomic E-state index is 0.270. The molecule has 2 aromatic heterocycles. The molecule has 0 spiro atoms. The number of anilines is 1. The number of ether oxygens (including phenoxy) is 1. The van der Waals surface area contributed by atoms with Gasteiger partial charge in [-0.3, -0.25) is 0 Å². The molecule has 0 radical (unpaired) electrons. The molecular formula is C22H23N5O3. The third kappa shape index (κ3) is 3.90. The second kappa shape index (κ2) is 8.38. The highest BCUT2D eigenvalue weighted by atomic mass is 16.5. The molecular weight excluding hydrogens is 382 g/mol. The van der Waals surface area contributed by atoms with Crippen LogP contribution in [0.2, 0.25) is 0 Å². The normalized spacial score (nSPS) is 11.2. The third-order valence-corrected chi connectivity index (χ3v) is 4.93. The van der Waals surface area contributed by atoms with Crippen molar-refractivity contribution in [1.82, 2.24) is 19.9 Å². The summed E-state index contributed by atoms with van der Waals surface area (Å²) >= 11 is 0. The van der Waals surface area contributed by atoms with Gasteiger partial charge in [0, 0.05) is 25.1 Å². The number of para-hydroxylation sites is 1. The zero-order chi connectivity index (χ0) is 21.1. The summed E-state index contributed by atoms with van der Waals surface area (Å²) in [5, 5.41) is 12.1. The minimum Gasteiger partial charge on any atom is -0.465 e. The van der Waals surface area contributed by atoms with Gasteiger partial charge < -0.3 is 25.5 Å². The van der Waals surface area contributed by atoms with Crippen molar-refractivity contribution in [2.75, 3.05) is 12.3 Å². The molecule has 8 heteroatoms. The van der Waals surface area contributed by atoms with Gasteiger partial charge in [-0.1, -0.05) is 42.5 Å². The molecule has 0 atom stereocenters. The van der Waals surface area contributed by atoms with Crippen LogP contribution in [-0.4, -0.2) is 32.3 Å². The monoisotopic (exact) mass is 405 g/mol. The lowest BCUT2D eigenvalue weighted by atomic mass is 10.1. The van der Waals surface area contributed by atoms with Crippen LogP contribution in [0.5, 0.6) is 0 Å². The standard InChI is InChI=1S/C22H23N5O3/c1-2-30-13-18-26-19-20(16-5-3-4-6-17(16)25-21(19)23)27(18)12-15-9-7-14(8-10-15)11-24-22(28)29/h3-10,24H,2,11-13H2,1H3,(H2,23,25)(H,28,29). The number of fused-ring (bicyclic) bond motifs is 3. The number of rotatable bonds is 7. The van der Waals surface area contributed by atoms with Crippen molar-refractivity contribution in [3.63, 3.8) is 0 Å². The van der Waals surface area contributed by atoms with E-state index in [0.29, 0.717) is 31.1 Å². The summed E-state index contributed by atoms with van der Waals surface area (Å²) in [6, 6.07) is 15.7. The maximum Gasteiger partial charge on any atom is 0.404 e. The molecule has 4 aromatic rings. The number of amides is 1. The van der Waals surface area contributed by atoms with Crippen molar-refractivity contribution >= 4 is 33.8 Å². The Hall–Kier alpha value is -3.65. The van der Waals surface area contributed by atoms with Crippen molar-refractivity contribution in [2.24, 2.45) is 0 Å². The van der Waals surface area contributed by atoms with Gasteiger partial charge in [0.2, 0.25) is 0 Å². The second-order valence-electron chi connectivity index (χ2n) is 6.94. The molecule has 30 heavy (non-hydrogen) atoms. The highest BCUT2D eigenvalue weighted by Crippen LogP contribution is 2.29. The number of nitrogens with zero attached hydrogens (tertiary/aromatic N) is 3. The van der Waals surface area contributed by atoms with Crippen molar-refractivity contribution in [3.8, 4) is 0 Å². The molecule has 8 nitrogen and oxygen atoms in total. The molecule has 4 rings (SSSR count). The number of hydrogen-bond donors (Lipinski definition) is 3. The van der Waals surface area contributed by atoms with E-state index < -0.39 is 6.09 Å². The number of imidazole rings is 1. The summed E-state index contributed by atoms with van der Waals surface area (Å²) in [6.45, 7) is 3.76. The number of aromatic nitrogens is 3. The Morgan fingerprint density at radius 3 is 2.60 bits per heavy atom. The first kappa shape index (κ1) is 19.7. The van der Waals surface area contributed by atoms with E-state index in [4.69, 9.17) is 20.6 Å². The number of nitrogens with two attached hydrogens (primary N) is 1. The van der Waals surface area contributed by atoms with Crippen LogP contribution >= 0.6 is 0 Å². The van der Waals surface area contributed by atoms with Gasteiger partial charge in [-0.25, -0.2) is 14.8 Å². The Bertz CT molecular complexity index is 1200. The summed E-state index contributed by atoms with van der Waals surface area (Å²) in [5.41, 5.74) is 10.6. The molecule has 1 amide bonds. The molecule has 4 N–H and O–H groups in total. The highest BCUT2D eigenvalue weighted by Gasteiger charge is 2.17. The number of carboxylic acid groups (broad SMARTS) is 1. The van der Waals surface area contributed by atoms with E-state index >= 15 is 0 Å². The number of nitrogens with one attached hydrogen (secondary N) is 1. The smallest absolute Gasteiger partial charge is 0.404 e. The van der Waals surface area contributed by atoms with Gasteiger partial charge in [0.25, 0.3) is 0 Å². The van der Waals surface area contributed by atoms with Gasteiger partial charge in [0.05, 0.1) is 11.0 Å². The Morgan fingerprint density at radius 1 is 1.13 bits per heavy atom. The molecule has 0 unspecified atom stereocenters. The van der Waals surface area contributed by atoms with Gasteiger partial charge in [-0.2, -0.15) is 0 Å². The second-order valence-corrected chi connectivity index (χ2v) is 6.94. The van der Waals surface area contributed by atoms with Crippen molar-refractivity contribution in [1.29, 1.82) is 0 Å². The van der Waals surface area contributed by atoms with E-state index in [1.807, 2.05) is 55.5 Å². The Labute approximate surface area is 173 Å². The van der Waals surface area contributed by atoms with Crippen molar-refractivity contribution in [3.05, 3.63) is 65.5 Å². The lowest BCUT2D eigenvalue weighted by Gasteiger charge is -2.12. The van der Waals surface area contributed by atoms with Gasteiger partial charge in [-0.15, -0.1) is 0 Å². The summed E-state index contributed by atoms with van der Waals surface area (Å²) in [7, 11) is 0. The van der Waals surface area contributed by atoms with Crippen molar-refractivity contribution in [2.45, 2.75) is 26.6 Å². The maximum absolute atomic E-state index is 10.7. The Kier molecular flexibility index (Phi) is 5.49. The highest BCUT2D eigenvalue weighted by molar-refractivity contribution is 6.06. The molecule has 2 aromatic carbocycles. The fraction of sp³-hybridized carbons (Fsp3) is 0.227. The first-order valence-corrected chi connectivity index (χ1v) is 9.72. The van der Waals surface area contributed by atoms with Crippen LogP contribution < -0.4 is 11.1 Å². The molecule has 0 fully saturated rings. The lowest BCUT2D eigenvalue weighted by Crippen LogP contribution is -2.19. The molecule has 0 aliphatic heterocycles. The van der Waals surface area contributed by atoms with Gasteiger partial charge in [0.15, 0.2) is 5.82 Å². The Balaban J connectivity index is 1.77. The largest absolute Gasteiger partial charge is 0.465 e. The van der Waals surface area contributed by atoms with E-state index in [1.54, 1.807) is 0 Å². The summed E-state index contributed by atoms with van der Waals surface area (Å²) in [6.07, 6.45) is -1.04. The quantitative estimate of drug-likeness (QED) is 0.433. The first-order valence-electron chi connectivity index (χ1n) is 9.72. The van der Waals surface area contributed by atoms with Gasteiger partial charge in [0.1, 0.15) is 17.9 Å². The number of hydrogen-bond acceptors (Lipinski definition) is 5. The van der Waals surface area contributed by atoms with Crippen LogP contribution in [0, 0.1) is 0 Å². The van der Waals surface area contributed by atoms with Crippen LogP contribution in [0.3, 0.4) is 0 Å². The summed E-state index contributed by atoms with van der Waals surface area (Å²) in [4.78, 5) is 19.9. The van der Waals surface area contributed by atoms with Crippen LogP contribution in [0.4, 0.5) is 10.6 Å². The zero-order valence-electron chi connectivity index (χ0n) is 16.6. The lowest BCUT2D eigenvalue weighted by molar-refractivity contribution is 0.126. The fourth-order valence-electron chi connectivity index (χ4n) is 3.50. The van der Waals surface area contributed by atoms with E-state index in [2.05, 4.69) is 14.9 Å². The van der Waals surface area contributed by atoms with E-state index in [-0.39, 0.29) is 6.54 Å². The average Bonchev–Trinajstić information content (AvgIpc) is 3.11. The van der Waals surface area contributed by atoms with E-state index in [9.17, 15) is 4.79 Å². The third-order valence-electron chi connectivity index (χ3n) is 4.93. The number of pyridine rings is 1. The summed E-state index contributed by atoms with van der Waals surface area (Å²) < 4.78 is 7.77. The molecule has 2 heterocycles. The van der Waals surface area contributed by atoms with Crippen LogP contribution in [0.25, 0.3) is 21.9 Å². The Morgan fingerprint density at radius 2 is 1.87 bits per heavy atom. The number of carbonyl (C=O) groups is 1. The molecule has 154 valence electrons. The maximum atomic E-state index is 10.7. The van der Waals surface area contributed by atoms with Gasteiger partial charge >= 0.3 is 6.09 Å². The number of benzene rings is 2. The van der Waals surface area contributed by atoms with E-state index in [1.165, 1.54) is 0 Å². The number of nitrogen functional groups attached to an aromatic ring is 1. The SMILES string of the molecule is CCOCc1nc2c(N)nc3ccccc3c2n1Cc1ccc(CNC(=O)O)cc1.